The van der Waals surface area contributed by atoms with Crippen LogP contribution in [0.25, 0.3) is 20.7 Å². The van der Waals surface area contributed by atoms with Gasteiger partial charge in [-0.2, -0.15) is 0 Å². The number of hydrogen-bond donors (Lipinski definition) is 1. The van der Waals surface area contributed by atoms with Crippen LogP contribution in [0.4, 0.5) is 0 Å². The van der Waals surface area contributed by atoms with Crippen molar-refractivity contribution in [3.63, 3.8) is 0 Å². The van der Waals surface area contributed by atoms with E-state index in [1.807, 2.05) is 18.3 Å². The molecule has 4 heteroatoms. The number of nitrogens with one attached hydrogen (secondary N) is 1. The van der Waals surface area contributed by atoms with Crippen molar-refractivity contribution in [2.24, 2.45) is 0 Å². The number of benzene rings is 1. The second-order valence-electron chi connectivity index (χ2n) is 5.87. The molecule has 1 saturated heterocycles. The maximum atomic E-state index is 4.80. The summed E-state index contributed by atoms with van der Waals surface area (Å²) < 4.78 is 1.27. The fourth-order valence-corrected chi connectivity index (χ4v) is 4.36. The molecule has 0 bridgehead atoms. The van der Waals surface area contributed by atoms with Gasteiger partial charge in [-0.3, -0.25) is 0 Å². The Balaban J connectivity index is 1.84. The molecule has 3 heterocycles. The Bertz CT molecular complexity index is 789. The smallest absolute Gasteiger partial charge is 0.126 e. The quantitative estimate of drug-likeness (QED) is 0.773. The number of aryl methyl sites for hydroxylation is 1. The van der Waals surface area contributed by atoms with Gasteiger partial charge in [0.25, 0.3) is 0 Å². The Morgan fingerprint density at radius 2 is 1.86 bits per heavy atom. The molecule has 0 radical (unpaired) electrons. The van der Waals surface area contributed by atoms with E-state index in [9.17, 15) is 0 Å². The van der Waals surface area contributed by atoms with Gasteiger partial charge >= 0.3 is 0 Å². The molecule has 112 valence electrons. The van der Waals surface area contributed by atoms with E-state index in [0.717, 1.165) is 24.4 Å². The zero-order valence-electron chi connectivity index (χ0n) is 12.7. The third-order valence-corrected chi connectivity index (χ3v) is 5.49. The van der Waals surface area contributed by atoms with Crippen LogP contribution in [0.1, 0.15) is 30.3 Å². The molecular weight excluding hydrogens is 290 g/mol. The summed E-state index contributed by atoms with van der Waals surface area (Å²) in [5.74, 6) is 1.45. The Kier molecular flexibility index (Phi) is 3.64. The number of nitrogens with zero attached hydrogens (tertiary/aromatic N) is 2. The number of rotatable bonds is 2. The molecule has 1 N–H and O–H groups in total. The first kappa shape index (κ1) is 13.9. The topological polar surface area (TPSA) is 37.8 Å². The summed E-state index contributed by atoms with van der Waals surface area (Å²) in [6.07, 6.45) is 2.34. The minimum atomic E-state index is 0.563. The van der Waals surface area contributed by atoms with Crippen LogP contribution in [0.5, 0.6) is 0 Å². The first-order valence-electron chi connectivity index (χ1n) is 7.85. The lowest BCUT2D eigenvalue weighted by Gasteiger charge is -2.22. The van der Waals surface area contributed by atoms with Crippen molar-refractivity contribution in [2.45, 2.75) is 25.7 Å². The lowest BCUT2D eigenvalue weighted by atomic mass is 9.94. The highest BCUT2D eigenvalue weighted by atomic mass is 32.1. The van der Waals surface area contributed by atoms with E-state index in [1.54, 1.807) is 0 Å². The second kappa shape index (κ2) is 5.78. The van der Waals surface area contributed by atoms with Gasteiger partial charge in [0.1, 0.15) is 5.82 Å². The molecule has 1 aromatic carbocycles. The highest BCUT2D eigenvalue weighted by Gasteiger charge is 2.21. The molecule has 4 rings (SSSR count). The number of fused-ring (bicyclic) bond motifs is 1. The molecular formula is C18H19N3S. The second-order valence-corrected chi connectivity index (χ2v) is 6.92. The van der Waals surface area contributed by atoms with Gasteiger partial charge in [0.15, 0.2) is 0 Å². The zero-order chi connectivity index (χ0) is 14.9. The normalized spacial score (nSPS) is 16.2. The van der Waals surface area contributed by atoms with Gasteiger partial charge in [-0.25, -0.2) is 9.97 Å². The summed E-state index contributed by atoms with van der Waals surface area (Å²) in [6, 6.07) is 12.8. The van der Waals surface area contributed by atoms with Gasteiger partial charge < -0.3 is 5.32 Å². The molecule has 3 aromatic rings. The van der Waals surface area contributed by atoms with E-state index >= 15 is 0 Å². The third kappa shape index (κ3) is 2.53. The summed E-state index contributed by atoms with van der Waals surface area (Å²) in [6.45, 7) is 4.18. The molecule has 2 aromatic heterocycles. The van der Waals surface area contributed by atoms with Gasteiger partial charge in [-0.15, -0.1) is 11.3 Å². The van der Waals surface area contributed by atoms with E-state index in [1.165, 1.54) is 33.7 Å². The minimum Gasteiger partial charge on any atom is -0.317 e. The Morgan fingerprint density at radius 1 is 1.09 bits per heavy atom. The summed E-state index contributed by atoms with van der Waals surface area (Å²) in [5, 5.41) is 3.44. The van der Waals surface area contributed by atoms with Crippen LogP contribution in [0.2, 0.25) is 0 Å². The molecule has 0 amide bonds. The van der Waals surface area contributed by atoms with Crippen molar-refractivity contribution in [3.05, 3.63) is 47.9 Å². The van der Waals surface area contributed by atoms with E-state index in [2.05, 4.69) is 46.7 Å². The highest BCUT2D eigenvalue weighted by Crippen LogP contribution is 2.38. The lowest BCUT2D eigenvalue weighted by Crippen LogP contribution is -2.27. The Labute approximate surface area is 134 Å². The summed E-state index contributed by atoms with van der Waals surface area (Å²) in [4.78, 5) is 10.7. The number of thiophene rings is 1. The third-order valence-electron chi connectivity index (χ3n) is 4.29. The summed E-state index contributed by atoms with van der Waals surface area (Å²) >= 11 is 1.83. The average molecular weight is 309 g/mol. The molecule has 1 aliphatic rings. The number of aromatic nitrogens is 2. The molecule has 0 saturated carbocycles. The lowest BCUT2D eigenvalue weighted by molar-refractivity contribution is 0.455. The standard InChI is InChI=1S/C18H19N3S/c1-12-20-15-11-16(13-5-3-2-4-6-13)22-18(15)17(21-12)14-7-9-19-10-8-14/h2-6,11,14,19H,7-10H2,1H3. The van der Waals surface area contributed by atoms with Crippen LogP contribution in [-0.2, 0) is 0 Å². The largest absolute Gasteiger partial charge is 0.317 e. The van der Waals surface area contributed by atoms with Crippen LogP contribution in [0.3, 0.4) is 0 Å². The molecule has 3 nitrogen and oxygen atoms in total. The molecule has 1 fully saturated rings. The van der Waals surface area contributed by atoms with Gasteiger partial charge in [-0.1, -0.05) is 30.3 Å². The molecule has 0 spiro atoms. The maximum Gasteiger partial charge on any atom is 0.126 e. The predicted molar refractivity (Wildman–Crippen MR) is 92.4 cm³/mol. The van der Waals surface area contributed by atoms with Gasteiger partial charge in [-0.05, 0) is 44.5 Å². The van der Waals surface area contributed by atoms with E-state index < -0.39 is 0 Å². The van der Waals surface area contributed by atoms with Crippen molar-refractivity contribution < 1.29 is 0 Å². The number of hydrogen-bond acceptors (Lipinski definition) is 4. The van der Waals surface area contributed by atoms with Crippen LogP contribution in [-0.4, -0.2) is 23.1 Å². The van der Waals surface area contributed by atoms with Crippen LogP contribution in [0, 0.1) is 6.92 Å². The zero-order valence-corrected chi connectivity index (χ0v) is 13.5. The van der Waals surface area contributed by atoms with Crippen molar-refractivity contribution >= 4 is 21.6 Å². The predicted octanol–water partition coefficient (Wildman–Crippen LogP) is 4.13. The molecule has 0 atom stereocenters. The van der Waals surface area contributed by atoms with Crippen LogP contribution >= 0.6 is 11.3 Å². The van der Waals surface area contributed by atoms with Crippen LogP contribution < -0.4 is 5.32 Å². The summed E-state index contributed by atoms with van der Waals surface area (Å²) in [7, 11) is 0. The molecule has 0 unspecified atom stereocenters. The summed E-state index contributed by atoms with van der Waals surface area (Å²) in [5.41, 5.74) is 3.63. The molecule has 22 heavy (non-hydrogen) atoms. The van der Waals surface area contributed by atoms with Gasteiger partial charge in [0.05, 0.1) is 15.9 Å². The van der Waals surface area contributed by atoms with E-state index in [0.29, 0.717) is 5.92 Å². The maximum absolute atomic E-state index is 4.80. The van der Waals surface area contributed by atoms with Crippen LogP contribution in [0.15, 0.2) is 36.4 Å². The number of piperidine rings is 1. The average Bonchev–Trinajstić information content (AvgIpc) is 2.99. The molecule has 0 aliphatic carbocycles. The highest BCUT2D eigenvalue weighted by molar-refractivity contribution is 7.22. The molecule has 1 aliphatic heterocycles. The Morgan fingerprint density at radius 3 is 2.64 bits per heavy atom. The van der Waals surface area contributed by atoms with Crippen molar-refractivity contribution in [3.8, 4) is 10.4 Å². The van der Waals surface area contributed by atoms with Gasteiger partial charge in [0.2, 0.25) is 0 Å². The van der Waals surface area contributed by atoms with E-state index in [-0.39, 0.29) is 0 Å². The Hall–Kier alpha value is -1.78. The van der Waals surface area contributed by atoms with Gasteiger partial charge in [0, 0.05) is 10.8 Å². The van der Waals surface area contributed by atoms with E-state index in [4.69, 9.17) is 4.98 Å². The van der Waals surface area contributed by atoms with Crippen molar-refractivity contribution in [1.82, 2.24) is 15.3 Å². The van der Waals surface area contributed by atoms with Crippen molar-refractivity contribution in [1.29, 1.82) is 0 Å². The van der Waals surface area contributed by atoms with Crippen molar-refractivity contribution in [2.75, 3.05) is 13.1 Å². The first-order chi connectivity index (χ1) is 10.8. The fraction of sp³-hybridized carbons (Fsp3) is 0.333. The monoisotopic (exact) mass is 309 g/mol. The first-order valence-corrected chi connectivity index (χ1v) is 8.67. The SMILES string of the molecule is Cc1nc(C2CCNCC2)c2sc(-c3ccccc3)cc2n1. The minimum absolute atomic E-state index is 0.563. The fourth-order valence-electron chi connectivity index (χ4n) is 3.19.